The summed E-state index contributed by atoms with van der Waals surface area (Å²) in [5.74, 6) is 2.01. The van der Waals surface area contributed by atoms with Crippen molar-refractivity contribution >= 4 is 14.1 Å². The fraction of sp³-hybridized carbons (Fsp3) is 0.652. The molecule has 1 heterocycles. The van der Waals surface area contributed by atoms with Crippen LogP contribution in [0.1, 0.15) is 67.4 Å². The summed E-state index contributed by atoms with van der Waals surface area (Å²) in [5, 5.41) is 0.183. The van der Waals surface area contributed by atoms with Gasteiger partial charge in [0.15, 0.2) is 0 Å². The number of hydrogen-bond acceptors (Lipinski definition) is 2. The molecule has 1 aliphatic heterocycles. The molecule has 2 nitrogen and oxygen atoms in total. The molecule has 0 fully saturated rings. The highest BCUT2D eigenvalue weighted by molar-refractivity contribution is 6.74. The minimum Gasteiger partial charge on any atom is -0.543 e. The smallest absolute Gasteiger partial charge is 0.250 e. The minimum atomic E-state index is -1.86. The van der Waals surface area contributed by atoms with Gasteiger partial charge < -0.3 is 9.16 Å². The highest BCUT2D eigenvalue weighted by atomic mass is 28.4. The molecule has 0 unspecified atom stereocenters. The Morgan fingerprint density at radius 3 is 2.19 bits per heavy atom. The second-order valence-corrected chi connectivity index (χ2v) is 15.6. The van der Waals surface area contributed by atoms with Gasteiger partial charge in [-0.25, -0.2) is 0 Å². The zero-order chi connectivity index (χ0) is 20.0. The largest absolute Gasteiger partial charge is 0.543 e. The van der Waals surface area contributed by atoms with Gasteiger partial charge in [0.2, 0.25) is 8.32 Å². The molecule has 0 saturated heterocycles. The van der Waals surface area contributed by atoms with Crippen LogP contribution in [0, 0.1) is 10.8 Å². The maximum absolute atomic E-state index is 6.53. The van der Waals surface area contributed by atoms with E-state index in [0.29, 0.717) is 0 Å². The normalized spacial score (nSPS) is 18.5. The average molecular weight is 375 g/mol. The Kier molecular flexibility index (Phi) is 5.47. The molecule has 0 radical (unpaired) electrons. The van der Waals surface area contributed by atoms with Crippen molar-refractivity contribution in [2.75, 3.05) is 6.61 Å². The van der Waals surface area contributed by atoms with E-state index >= 15 is 0 Å². The Bertz CT molecular complexity index is 685. The van der Waals surface area contributed by atoms with Crippen LogP contribution in [-0.4, -0.2) is 14.9 Å². The van der Waals surface area contributed by atoms with Gasteiger partial charge in [-0.15, -0.1) is 0 Å². The molecule has 146 valence electrons. The van der Waals surface area contributed by atoms with Crippen molar-refractivity contribution in [2.24, 2.45) is 10.8 Å². The van der Waals surface area contributed by atoms with E-state index in [2.05, 4.69) is 92.7 Å². The van der Waals surface area contributed by atoms with Crippen molar-refractivity contribution in [1.29, 1.82) is 0 Å². The molecule has 0 saturated carbocycles. The van der Waals surface area contributed by atoms with Gasteiger partial charge in [-0.1, -0.05) is 67.5 Å². The summed E-state index contributed by atoms with van der Waals surface area (Å²) in [7, 11) is -1.86. The fourth-order valence-corrected chi connectivity index (χ4v) is 4.67. The van der Waals surface area contributed by atoms with Gasteiger partial charge in [0.05, 0.1) is 6.61 Å². The summed E-state index contributed by atoms with van der Waals surface area (Å²) in [6, 6.07) is 8.50. The molecule has 0 aliphatic carbocycles. The van der Waals surface area contributed by atoms with E-state index in [-0.39, 0.29) is 15.9 Å². The van der Waals surface area contributed by atoms with Crippen molar-refractivity contribution in [3.63, 3.8) is 0 Å². The molecule has 1 aliphatic rings. The Balaban J connectivity index is 2.50. The van der Waals surface area contributed by atoms with E-state index in [0.717, 1.165) is 30.1 Å². The van der Waals surface area contributed by atoms with Crippen molar-refractivity contribution in [3.05, 3.63) is 35.4 Å². The molecule has 1 aromatic rings. The highest BCUT2D eigenvalue weighted by Gasteiger charge is 2.40. The molecule has 26 heavy (non-hydrogen) atoms. The molecule has 3 heteroatoms. The second kappa shape index (κ2) is 6.74. The standard InChI is InChI=1S/C23H38O2Si/c1-21(2,3)20-19(24-15-14-23(20,7)8)17-12-11-13-18(16-17)25-26(9,10)22(4,5)6/h11-13,16H,14-15H2,1-10H3. The fourth-order valence-electron chi connectivity index (χ4n) is 3.64. The molecule has 0 aromatic heterocycles. The first-order valence-electron chi connectivity index (χ1n) is 9.83. The number of hydrogen-bond donors (Lipinski definition) is 0. The lowest BCUT2D eigenvalue weighted by Crippen LogP contribution is -2.43. The molecular weight excluding hydrogens is 336 g/mol. The van der Waals surface area contributed by atoms with Crippen LogP contribution in [0.15, 0.2) is 29.8 Å². The Morgan fingerprint density at radius 2 is 1.65 bits per heavy atom. The molecule has 0 amide bonds. The predicted molar refractivity (Wildman–Crippen MR) is 115 cm³/mol. The van der Waals surface area contributed by atoms with E-state index < -0.39 is 8.32 Å². The first-order chi connectivity index (χ1) is 11.7. The van der Waals surface area contributed by atoms with Gasteiger partial charge in [-0.2, -0.15) is 0 Å². The molecular formula is C23H38O2Si. The quantitative estimate of drug-likeness (QED) is 0.518. The van der Waals surface area contributed by atoms with Gasteiger partial charge in [0.1, 0.15) is 11.5 Å². The zero-order valence-corrected chi connectivity index (χ0v) is 19.5. The van der Waals surface area contributed by atoms with Crippen molar-refractivity contribution in [3.8, 4) is 5.75 Å². The zero-order valence-electron chi connectivity index (χ0n) is 18.5. The van der Waals surface area contributed by atoms with E-state index in [1.54, 1.807) is 0 Å². The van der Waals surface area contributed by atoms with Crippen molar-refractivity contribution in [2.45, 2.75) is 79.9 Å². The van der Waals surface area contributed by atoms with Crippen LogP contribution in [0.5, 0.6) is 5.75 Å². The lowest BCUT2D eigenvalue weighted by molar-refractivity contribution is 0.166. The van der Waals surface area contributed by atoms with Crippen LogP contribution in [-0.2, 0) is 4.74 Å². The maximum Gasteiger partial charge on any atom is 0.250 e. The van der Waals surface area contributed by atoms with Crippen LogP contribution in [0.25, 0.3) is 5.76 Å². The Labute approximate surface area is 162 Å². The first-order valence-corrected chi connectivity index (χ1v) is 12.7. The molecule has 0 N–H and O–H groups in total. The van der Waals surface area contributed by atoms with Gasteiger partial charge in [0, 0.05) is 5.56 Å². The molecule has 0 bridgehead atoms. The van der Waals surface area contributed by atoms with Crippen LogP contribution in [0.4, 0.5) is 0 Å². The summed E-state index contributed by atoms with van der Waals surface area (Å²) >= 11 is 0. The number of ether oxygens (including phenoxy) is 1. The van der Waals surface area contributed by atoms with Crippen LogP contribution < -0.4 is 4.43 Å². The van der Waals surface area contributed by atoms with E-state index in [1.165, 1.54) is 5.57 Å². The average Bonchev–Trinajstić information content (AvgIpc) is 2.43. The maximum atomic E-state index is 6.53. The van der Waals surface area contributed by atoms with Gasteiger partial charge in [-0.05, 0) is 53.1 Å². The summed E-state index contributed by atoms with van der Waals surface area (Å²) in [6.07, 6.45) is 1.06. The topological polar surface area (TPSA) is 18.5 Å². The first kappa shape index (κ1) is 21.1. The Hall–Kier alpha value is -1.22. The number of allylic oxidation sites excluding steroid dienone is 1. The Morgan fingerprint density at radius 1 is 1.04 bits per heavy atom. The third kappa shape index (κ3) is 4.36. The summed E-state index contributed by atoms with van der Waals surface area (Å²) in [4.78, 5) is 0. The lowest BCUT2D eigenvalue weighted by Gasteiger charge is -2.42. The highest BCUT2D eigenvalue weighted by Crippen LogP contribution is 2.49. The molecule has 1 aromatic carbocycles. The second-order valence-electron chi connectivity index (χ2n) is 10.8. The monoisotopic (exact) mass is 374 g/mol. The third-order valence-corrected chi connectivity index (χ3v) is 10.3. The van der Waals surface area contributed by atoms with Gasteiger partial charge in [0.25, 0.3) is 0 Å². The number of benzene rings is 1. The van der Waals surface area contributed by atoms with Crippen LogP contribution in [0.3, 0.4) is 0 Å². The van der Waals surface area contributed by atoms with Crippen LogP contribution in [0.2, 0.25) is 18.1 Å². The predicted octanol–water partition coefficient (Wildman–Crippen LogP) is 7.27. The summed E-state index contributed by atoms with van der Waals surface area (Å²) in [5.41, 5.74) is 2.75. The molecule has 0 spiro atoms. The van der Waals surface area contributed by atoms with E-state index in [1.807, 2.05) is 0 Å². The van der Waals surface area contributed by atoms with Gasteiger partial charge in [-0.3, -0.25) is 0 Å². The third-order valence-electron chi connectivity index (χ3n) is 5.90. The summed E-state index contributed by atoms with van der Waals surface area (Å²) in [6.45, 7) is 23.7. The lowest BCUT2D eigenvalue weighted by atomic mass is 9.67. The van der Waals surface area contributed by atoms with Gasteiger partial charge >= 0.3 is 0 Å². The molecule has 0 atom stereocenters. The van der Waals surface area contributed by atoms with E-state index in [4.69, 9.17) is 9.16 Å². The van der Waals surface area contributed by atoms with Crippen molar-refractivity contribution in [1.82, 2.24) is 0 Å². The minimum absolute atomic E-state index is 0.0650. The van der Waals surface area contributed by atoms with Crippen LogP contribution >= 0.6 is 0 Å². The van der Waals surface area contributed by atoms with E-state index in [9.17, 15) is 0 Å². The molecule has 2 rings (SSSR count). The van der Waals surface area contributed by atoms with Crippen molar-refractivity contribution < 1.29 is 9.16 Å². The number of rotatable bonds is 3. The SMILES string of the molecule is CC(C)(C)C1=C(c2cccc(O[Si](C)(C)C(C)(C)C)c2)OCCC1(C)C. The summed E-state index contributed by atoms with van der Waals surface area (Å²) < 4.78 is 12.8.